The van der Waals surface area contributed by atoms with Gasteiger partial charge < -0.3 is 20.1 Å². The normalized spacial score (nSPS) is 13.7. The Balaban J connectivity index is 1.74. The average molecular weight is 478 g/mol. The van der Waals surface area contributed by atoms with Gasteiger partial charge in [-0.2, -0.15) is 13.2 Å². The van der Waals surface area contributed by atoms with Gasteiger partial charge in [0.15, 0.2) is 0 Å². The smallest absolute Gasteiger partial charge is 0.417 e. The topological polar surface area (TPSA) is 95.9 Å². The first-order valence-corrected chi connectivity index (χ1v) is 10.7. The molecule has 0 bridgehead atoms. The number of hydrogen-bond donors (Lipinski definition) is 2. The number of nitrogens with one attached hydrogen (secondary N) is 1. The van der Waals surface area contributed by atoms with E-state index >= 15 is 0 Å². The monoisotopic (exact) mass is 478 g/mol. The Morgan fingerprint density at radius 1 is 1.03 bits per heavy atom. The van der Waals surface area contributed by atoms with Gasteiger partial charge in [-0.05, 0) is 28.2 Å². The van der Waals surface area contributed by atoms with Crippen molar-refractivity contribution in [3.63, 3.8) is 0 Å². The Morgan fingerprint density at radius 3 is 2.03 bits per heavy atom. The minimum absolute atomic E-state index is 0.218. The molecule has 7 nitrogen and oxygen atoms in total. The van der Waals surface area contributed by atoms with Gasteiger partial charge >= 0.3 is 18.2 Å². The maximum atomic E-state index is 13.6. The minimum atomic E-state index is -5.14. The molecule has 1 aliphatic rings. The second-order valence-corrected chi connectivity index (χ2v) is 8.45. The average Bonchev–Trinajstić information content (AvgIpc) is 3.07. The lowest BCUT2D eigenvalue weighted by molar-refractivity contribution is -0.176. The summed E-state index contributed by atoms with van der Waals surface area (Å²) in [6, 6.07) is 12.0. The van der Waals surface area contributed by atoms with Crippen LogP contribution in [0.4, 0.5) is 18.0 Å². The number of amides is 2. The van der Waals surface area contributed by atoms with Gasteiger partial charge in [0.2, 0.25) is 6.04 Å². The number of ether oxygens (including phenoxy) is 1. The van der Waals surface area contributed by atoms with E-state index in [4.69, 9.17) is 9.84 Å². The zero-order chi connectivity index (χ0) is 25.0. The lowest BCUT2D eigenvalue weighted by Crippen LogP contribution is -2.57. The van der Waals surface area contributed by atoms with Gasteiger partial charge in [0.1, 0.15) is 13.2 Å². The number of alkyl carbamates (subject to hydrolysis) is 1. The highest BCUT2D eigenvalue weighted by Gasteiger charge is 2.48. The van der Waals surface area contributed by atoms with E-state index in [0.29, 0.717) is 4.90 Å². The maximum absolute atomic E-state index is 13.6. The number of aliphatic carboxylic acids is 1. The fourth-order valence-corrected chi connectivity index (χ4v) is 4.06. The zero-order valence-corrected chi connectivity index (χ0v) is 18.6. The highest BCUT2D eigenvalue weighted by molar-refractivity contribution is 5.89. The molecular weight excluding hydrogens is 453 g/mol. The summed E-state index contributed by atoms with van der Waals surface area (Å²) in [4.78, 5) is 36.5. The molecule has 1 atom stereocenters. The first kappa shape index (κ1) is 25.1. The van der Waals surface area contributed by atoms with E-state index in [-0.39, 0.29) is 25.0 Å². The maximum Gasteiger partial charge on any atom is 0.417 e. The second kappa shape index (κ2) is 10.1. The van der Waals surface area contributed by atoms with E-state index in [1.54, 1.807) is 19.2 Å². The van der Waals surface area contributed by atoms with Gasteiger partial charge in [-0.25, -0.2) is 4.79 Å². The number of benzene rings is 2. The number of halogens is 3. The van der Waals surface area contributed by atoms with E-state index in [2.05, 4.69) is 0 Å². The van der Waals surface area contributed by atoms with E-state index in [1.807, 2.05) is 48.5 Å². The molecule has 0 aromatic heterocycles. The van der Waals surface area contributed by atoms with E-state index in [1.165, 1.54) is 0 Å². The molecule has 2 N–H and O–H groups in total. The van der Waals surface area contributed by atoms with Crippen molar-refractivity contribution >= 4 is 18.0 Å². The molecular formula is C24H25F3N2O5. The number of nitrogens with zero attached hydrogens (tertiary/aromatic N) is 1. The SMILES string of the molecule is CC(C)CN(CC(=O)O)C(=O)C(NC(=O)OCC1c2ccccc2-c2ccccc21)C(F)(F)F. The van der Waals surface area contributed by atoms with Crippen LogP contribution in [-0.4, -0.2) is 59.9 Å². The van der Waals surface area contributed by atoms with Crippen LogP contribution in [0.2, 0.25) is 0 Å². The van der Waals surface area contributed by atoms with Gasteiger partial charge in [0.05, 0.1) is 0 Å². The summed E-state index contributed by atoms with van der Waals surface area (Å²) in [5, 5.41) is 10.6. The third-order valence-electron chi connectivity index (χ3n) is 5.40. The molecule has 10 heteroatoms. The number of carboxylic acid groups (broad SMARTS) is 1. The van der Waals surface area contributed by atoms with Crippen LogP contribution in [0.5, 0.6) is 0 Å². The Kier molecular flexibility index (Phi) is 7.48. The van der Waals surface area contributed by atoms with E-state index in [9.17, 15) is 27.6 Å². The number of hydrogen-bond acceptors (Lipinski definition) is 4. The summed E-state index contributed by atoms with van der Waals surface area (Å²) < 4.78 is 46.0. The molecule has 182 valence electrons. The van der Waals surface area contributed by atoms with Crippen LogP contribution < -0.4 is 5.32 Å². The van der Waals surface area contributed by atoms with Crippen molar-refractivity contribution in [2.75, 3.05) is 19.7 Å². The number of fused-ring (bicyclic) bond motifs is 3. The highest BCUT2D eigenvalue weighted by atomic mass is 19.4. The van der Waals surface area contributed by atoms with Gasteiger partial charge in [0.25, 0.3) is 5.91 Å². The molecule has 3 rings (SSSR count). The lowest BCUT2D eigenvalue weighted by atomic mass is 9.98. The molecule has 0 heterocycles. The summed E-state index contributed by atoms with van der Waals surface area (Å²) in [7, 11) is 0. The molecule has 2 amide bonds. The number of carboxylic acids is 1. The van der Waals surface area contributed by atoms with Crippen LogP contribution in [0.15, 0.2) is 48.5 Å². The molecule has 1 aliphatic carbocycles. The predicted octanol–water partition coefficient (Wildman–Crippen LogP) is 4.03. The summed E-state index contributed by atoms with van der Waals surface area (Å²) in [5.41, 5.74) is 3.66. The molecule has 0 aliphatic heterocycles. The molecule has 34 heavy (non-hydrogen) atoms. The Morgan fingerprint density at radius 2 is 1.56 bits per heavy atom. The van der Waals surface area contributed by atoms with Crippen molar-refractivity contribution in [1.82, 2.24) is 10.2 Å². The third kappa shape index (κ3) is 5.67. The van der Waals surface area contributed by atoms with E-state index in [0.717, 1.165) is 22.3 Å². The van der Waals surface area contributed by atoms with Crippen LogP contribution in [0.1, 0.15) is 30.9 Å². The van der Waals surface area contributed by atoms with E-state index < -0.39 is 36.7 Å². The van der Waals surface area contributed by atoms with Crippen LogP contribution in [0, 0.1) is 5.92 Å². The standard InChI is InChI=1S/C24H25F3N2O5/c1-14(2)11-29(12-20(30)31)22(32)21(24(25,26)27)28-23(33)34-13-19-17-9-5-3-7-15(17)16-8-4-6-10-18(16)19/h3-10,14,19,21H,11-13H2,1-2H3,(H,28,33)(H,30,31). The van der Waals surface area contributed by atoms with Crippen molar-refractivity contribution in [3.05, 3.63) is 59.7 Å². The van der Waals surface area contributed by atoms with Crippen LogP contribution in [0.3, 0.4) is 0 Å². The largest absolute Gasteiger partial charge is 0.480 e. The fourth-order valence-electron chi connectivity index (χ4n) is 4.06. The molecule has 2 aromatic rings. The van der Waals surface area contributed by atoms with Gasteiger partial charge in [-0.1, -0.05) is 62.4 Å². The molecule has 0 fully saturated rings. The summed E-state index contributed by atoms with van der Waals surface area (Å²) in [5.74, 6) is -3.68. The van der Waals surface area contributed by atoms with Gasteiger partial charge in [0, 0.05) is 12.5 Å². The van der Waals surface area contributed by atoms with Crippen molar-refractivity contribution in [2.24, 2.45) is 5.92 Å². The van der Waals surface area contributed by atoms with Crippen molar-refractivity contribution in [2.45, 2.75) is 32.0 Å². The Bertz CT molecular complexity index is 1030. The first-order chi connectivity index (χ1) is 16.0. The Labute approximate surface area is 194 Å². The molecule has 0 saturated heterocycles. The zero-order valence-electron chi connectivity index (χ0n) is 18.6. The van der Waals surface area contributed by atoms with Gasteiger partial charge in [-0.3, -0.25) is 9.59 Å². The fraction of sp³-hybridized carbons (Fsp3) is 0.375. The molecule has 1 unspecified atom stereocenters. The van der Waals surface area contributed by atoms with Crippen molar-refractivity contribution in [3.8, 4) is 11.1 Å². The third-order valence-corrected chi connectivity index (χ3v) is 5.40. The molecule has 0 saturated carbocycles. The summed E-state index contributed by atoms with van der Waals surface area (Å²) in [6.45, 7) is 1.89. The number of carbonyl (C=O) groups excluding carboxylic acids is 2. The Hall–Kier alpha value is -3.56. The summed E-state index contributed by atoms with van der Waals surface area (Å²) >= 11 is 0. The van der Waals surface area contributed by atoms with Gasteiger partial charge in [-0.15, -0.1) is 0 Å². The lowest BCUT2D eigenvalue weighted by Gasteiger charge is -2.29. The first-order valence-electron chi connectivity index (χ1n) is 10.7. The van der Waals surface area contributed by atoms with Crippen LogP contribution >= 0.6 is 0 Å². The van der Waals surface area contributed by atoms with Crippen LogP contribution in [0.25, 0.3) is 11.1 Å². The van der Waals surface area contributed by atoms with Crippen molar-refractivity contribution in [1.29, 1.82) is 0 Å². The number of carbonyl (C=O) groups is 3. The second-order valence-electron chi connectivity index (χ2n) is 8.45. The van der Waals surface area contributed by atoms with Crippen LogP contribution in [-0.2, 0) is 14.3 Å². The molecule has 2 aromatic carbocycles. The number of rotatable bonds is 8. The number of alkyl halides is 3. The predicted molar refractivity (Wildman–Crippen MR) is 117 cm³/mol. The minimum Gasteiger partial charge on any atom is -0.480 e. The highest BCUT2D eigenvalue weighted by Crippen LogP contribution is 2.44. The molecule has 0 spiro atoms. The van der Waals surface area contributed by atoms with Crippen molar-refractivity contribution < 1.29 is 37.4 Å². The molecule has 0 radical (unpaired) electrons. The summed E-state index contributed by atoms with van der Waals surface area (Å²) in [6.07, 6.45) is -6.56. The quantitative estimate of drug-likeness (QED) is 0.598.